The van der Waals surface area contributed by atoms with Crippen LogP contribution in [0.4, 0.5) is 5.69 Å². The van der Waals surface area contributed by atoms with E-state index in [2.05, 4.69) is 5.32 Å². The van der Waals surface area contributed by atoms with E-state index in [0.717, 1.165) is 10.6 Å². The Morgan fingerprint density at radius 3 is 2.11 bits per heavy atom. The molecular formula is C19H22Cl2N2O4S. The van der Waals surface area contributed by atoms with E-state index in [0.29, 0.717) is 27.9 Å². The molecule has 2 aromatic rings. The number of amides is 1. The maximum absolute atomic E-state index is 12.6. The zero-order valence-corrected chi connectivity index (χ0v) is 17.9. The maximum atomic E-state index is 12.6. The second kappa shape index (κ2) is 10.0. The Balaban J connectivity index is 2.02. The molecular weight excluding hydrogens is 423 g/mol. The van der Waals surface area contributed by atoms with Crippen molar-refractivity contribution in [3.63, 3.8) is 0 Å². The fourth-order valence-electron chi connectivity index (χ4n) is 2.64. The highest BCUT2D eigenvalue weighted by atomic mass is 35.5. The summed E-state index contributed by atoms with van der Waals surface area (Å²) >= 11 is 11.7. The summed E-state index contributed by atoms with van der Waals surface area (Å²) in [6.07, 6.45) is 1.38. The Morgan fingerprint density at radius 1 is 1.07 bits per heavy atom. The number of benzene rings is 2. The van der Waals surface area contributed by atoms with Crippen molar-refractivity contribution >= 4 is 44.8 Å². The molecule has 0 heterocycles. The van der Waals surface area contributed by atoms with Gasteiger partial charge >= 0.3 is 0 Å². The smallest absolute Gasteiger partial charge is 0.244 e. The number of rotatable bonds is 9. The number of sulfonamides is 1. The minimum Gasteiger partial charge on any atom is -0.492 e. The van der Waals surface area contributed by atoms with Crippen LogP contribution in [0.2, 0.25) is 10.0 Å². The molecule has 2 rings (SSSR count). The van der Waals surface area contributed by atoms with Gasteiger partial charge in [-0.1, -0.05) is 30.1 Å². The molecule has 0 aliphatic rings. The molecule has 0 aliphatic carbocycles. The van der Waals surface area contributed by atoms with Crippen molar-refractivity contribution in [2.75, 3.05) is 23.7 Å². The van der Waals surface area contributed by atoms with Crippen LogP contribution in [0.3, 0.4) is 0 Å². The third kappa shape index (κ3) is 6.29. The lowest BCUT2D eigenvalue weighted by Crippen LogP contribution is -2.50. The monoisotopic (exact) mass is 444 g/mol. The van der Waals surface area contributed by atoms with E-state index < -0.39 is 22.0 Å². The van der Waals surface area contributed by atoms with Gasteiger partial charge in [-0.3, -0.25) is 9.10 Å². The molecule has 0 saturated heterocycles. The molecule has 28 heavy (non-hydrogen) atoms. The summed E-state index contributed by atoms with van der Waals surface area (Å²) in [6.45, 7) is 2.22. The van der Waals surface area contributed by atoms with E-state index >= 15 is 0 Å². The predicted molar refractivity (Wildman–Crippen MR) is 113 cm³/mol. The Hall–Kier alpha value is -1.96. The van der Waals surface area contributed by atoms with Gasteiger partial charge in [0.1, 0.15) is 18.4 Å². The van der Waals surface area contributed by atoms with Crippen LogP contribution >= 0.6 is 23.2 Å². The number of anilines is 1. The Kier molecular flexibility index (Phi) is 7.98. The first kappa shape index (κ1) is 22.3. The van der Waals surface area contributed by atoms with E-state index in [1.165, 1.54) is 0 Å². The van der Waals surface area contributed by atoms with Crippen molar-refractivity contribution in [1.82, 2.24) is 5.32 Å². The van der Waals surface area contributed by atoms with Gasteiger partial charge in [0.2, 0.25) is 15.9 Å². The van der Waals surface area contributed by atoms with E-state index in [4.69, 9.17) is 27.9 Å². The molecule has 0 unspecified atom stereocenters. The highest BCUT2D eigenvalue weighted by Gasteiger charge is 2.31. The van der Waals surface area contributed by atoms with Crippen molar-refractivity contribution in [2.24, 2.45) is 0 Å². The average Bonchev–Trinajstić information content (AvgIpc) is 2.64. The van der Waals surface area contributed by atoms with E-state index in [1.807, 2.05) is 0 Å². The summed E-state index contributed by atoms with van der Waals surface area (Å²) < 4.78 is 31.3. The Morgan fingerprint density at radius 2 is 1.61 bits per heavy atom. The quantitative estimate of drug-likeness (QED) is 0.597. The average molecular weight is 445 g/mol. The lowest BCUT2D eigenvalue weighted by atomic mass is 10.2. The van der Waals surface area contributed by atoms with Crippen molar-refractivity contribution in [2.45, 2.75) is 19.4 Å². The second-order valence-corrected chi connectivity index (χ2v) is 8.78. The predicted octanol–water partition coefficient (Wildman–Crippen LogP) is 3.73. The van der Waals surface area contributed by atoms with Crippen LogP contribution in [0.5, 0.6) is 5.75 Å². The van der Waals surface area contributed by atoms with Gasteiger partial charge in [-0.25, -0.2) is 8.42 Å². The lowest BCUT2D eigenvalue weighted by Gasteiger charge is -2.30. The summed E-state index contributed by atoms with van der Waals surface area (Å²) in [6, 6.07) is 12.3. The molecule has 0 radical (unpaired) electrons. The van der Waals surface area contributed by atoms with Crippen LogP contribution in [0.1, 0.15) is 13.3 Å². The van der Waals surface area contributed by atoms with Gasteiger partial charge < -0.3 is 10.1 Å². The number of hydrogen-bond donors (Lipinski definition) is 1. The summed E-state index contributed by atoms with van der Waals surface area (Å²) in [5.41, 5.74) is 0.381. The fraction of sp³-hybridized carbons (Fsp3) is 0.316. The fourth-order valence-corrected chi connectivity index (χ4v) is 4.10. The normalized spacial score (nSPS) is 12.3. The third-order valence-corrected chi connectivity index (χ3v) is 5.58. The maximum Gasteiger partial charge on any atom is 0.244 e. The highest BCUT2D eigenvalue weighted by Crippen LogP contribution is 2.24. The minimum atomic E-state index is -3.68. The van der Waals surface area contributed by atoms with Crippen LogP contribution in [0.15, 0.2) is 48.5 Å². The van der Waals surface area contributed by atoms with Crippen LogP contribution in [-0.4, -0.2) is 39.8 Å². The van der Waals surface area contributed by atoms with Crippen molar-refractivity contribution < 1.29 is 17.9 Å². The minimum absolute atomic E-state index is 0.232. The standard InChI is InChI=1S/C19H22Cl2N2O4S/c1-3-18(23(28(2,25)26)16-8-4-14(20)5-9-16)19(24)22-12-13-27-17-10-6-15(21)7-11-17/h4-11,18H,3,12-13H2,1-2H3,(H,22,24)/t18-/m1/s1. The van der Waals surface area contributed by atoms with E-state index in [1.54, 1.807) is 55.5 Å². The first-order valence-corrected chi connectivity index (χ1v) is 11.2. The van der Waals surface area contributed by atoms with Crippen LogP contribution in [0, 0.1) is 0 Å². The van der Waals surface area contributed by atoms with Crippen molar-refractivity contribution in [3.05, 3.63) is 58.6 Å². The first-order valence-electron chi connectivity index (χ1n) is 8.63. The number of nitrogens with zero attached hydrogens (tertiary/aromatic N) is 1. The van der Waals surface area contributed by atoms with Gasteiger partial charge in [-0.2, -0.15) is 0 Å². The van der Waals surface area contributed by atoms with Gasteiger partial charge in [0, 0.05) is 10.0 Å². The Labute approximate surface area is 175 Å². The van der Waals surface area contributed by atoms with E-state index in [-0.39, 0.29) is 13.2 Å². The molecule has 0 fully saturated rings. The highest BCUT2D eigenvalue weighted by molar-refractivity contribution is 7.92. The van der Waals surface area contributed by atoms with Gasteiger partial charge in [0.25, 0.3) is 0 Å². The Bertz CT molecular complexity index is 887. The topological polar surface area (TPSA) is 75.7 Å². The number of carbonyl (C=O) groups is 1. The number of ether oxygens (including phenoxy) is 1. The van der Waals surface area contributed by atoms with Gasteiger partial charge in [0.15, 0.2) is 0 Å². The molecule has 0 aliphatic heterocycles. The summed E-state index contributed by atoms with van der Waals surface area (Å²) in [4.78, 5) is 12.6. The van der Waals surface area contributed by atoms with Crippen molar-refractivity contribution in [3.8, 4) is 5.75 Å². The first-order chi connectivity index (χ1) is 13.2. The van der Waals surface area contributed by atoms with Crippen LogP contribution in [0.25, 0.3) is 0 Å². The molecule has 9 heteroatoms. The molecule has 0 saturated carbocycles. The molecule has 0 spiro atoms. The number of halogens is 2. The molecule has 0 bridgehead atoms. The summed E-state index contributed by atoms with van der Waals surface area (Å²) in [5, 5.41) is 3.81. The van der Waals surface area contributed by atoms with Crippen LogP contribution < -0.4 is 14.4 Å². The van der Waals surface area contributed by atoms with Crippen molar-refractivity contribution in [1.29, 1.82) is 0 Å². The number of nitrogens with one attached hydrogen (secondary N) is 1. The molecule has 0 aromatic heterocycles. The van der Waals surface area contributed by atoms with Gasteiger partial charge in [-0.15, -0.1) is 0 Å². The third-order valence-electron chi connectivity index (χ3n) is 3.89. The summed E-state index contributed by atoms with van der Waals surface area (Å²) in [7, 11) is -3.68. The molecule has 2 aromatic carbocycles. The van der Waals surface area contributed by atoms with E-state index in [9.17, 15) is 13.2 Å². The SMILES string of the molecule is CC[C@H](C(=O)NCCOc1ccc(Cl)cc1)N(c1ccc(Cl)cc1)S(C)(=O)=O. The summed E-state index contributed by atoms with van der Waals surface area (Å²) in [5.74, 6) is 0.229. The zero-order valence-electron chi connectivity index (χ0n) is 15.6. The van der Waals surface area contributed by atoms with Gasteiger partial charge in [0.05, 0.1) is 18.5 Å². The molecule has 1 amide bonds. The second-order valence-electron chi connectivity index (χ2n) is 6.05. The lowest BCUT2D eigenvalue weighted by molar-refractivity contribution is -0.122. The molecule has 1 atom stereocenters. The molecule has 1 N–H and O–H groups in total. The number of hydrogen-bond acceptors (Lipinski definition) is 4. The molecule has 152 valence electrons. The van der Waals surface area contributed by atoms with Crippen LogP contribution in [-0.2, 0) is 14.8 Å². The zero-order chi connectivity index (χ0) is 20.7. The largest absolute Gasteiger partial charge is 0.492 e. The number of carbonyl (C=O) groups excluding carboxylic acids is 1. The van der Waals surface area contributed by atoms with Gasteiger partial charge in [-0.05, 0) is 55.0 Å². The molecule has 6 nitrogen and oxygen atoms in total.